The maximum absolute atomic E-state index is 12.7. The number of esters is 1. The van der Waals surface area contributed by atoms with E-state index in [0.717, 1.165) is 64.1 Å². The second-order valence-corrected chi connectivity index (χ2v) is 7.55. The summed E-state index contributed by atoms with van der Waals surface area (Å²) in [4.78, 5) is 15.1. The van der Waals surface area contributed by atoms with E-state index in [1.165, 1.54) is 0 Å². The number of nitrogens with zero attached hydrogens (tertiary/aromatic N) is 1. The molecular formula is C20H30Cl2N2O4. The Kier molecular flexibility index (Phi) is 9.15. The van der Waals surface area contributed by atoms with E-state index in [9.17, 15) is 4.79 Å². The van der Waals surface area contributed by atoms with Gasteiger partial charge >= 0.3 is 5.97 Å². The molecule has 1 fully saturated rings. The number of fused-ring (bicyclic) bond motifs is 1. The van der Waals surface area contributed by atoms with E-state index < -0.39 is 0 Å². The van der Waals surface area contributed by atoms with Crippen molar-refractivity contribution in [1.82, 2.24) is 4.90 Å². The van der Waals surface area contributed by atoms with Gasteiger partial charge in [-0.25, -0.2) is 4.79 Å². The van der Waals surface area contributed by atoms with Crippen LogP contribution in [0.5, 0.6) is 5.75 Å². The van der Waals surface area contributed by atoms with Crippen LogP contribution < -0.4 is 10.5 Å². The second kappa shape index (κ2) is 11.1. The minimum Gasteiger partial charge on any atom is -0.492 e. The van der Waals surface area contributed by atoms with Crippen LogP contribution in [0.15, 0.2) is 6.07 Å². The molecular weight excluding hydrogens is 403 g/mol. The van der Waals surface area contributed by atoms with Crippen molar-refractivity contribution in [2.75, 3.05) is 45.2 Å². The van der Waals surface area contributed by atoms with E-state index in [4.69, 9.17) is 31.5 Å². The van der Waals surface area contributed by atoms with Gasteiger partial charge in [0.25, 0.3) is 0 Å². The van der Waals surface area contributed by atoms with Crippen molar-refractivity contribution < 1.29 is 19.0 Å². The van der Waals surface area contributed by atoms with Gasteiger partial charge in [0.05, 0.1) is 17.3 Å². The van der Waals surface area contributed by atoms with Crippen LogP contribution in [0.2, 0.25) is 5.02 Å². The SMILES string of the molecule is CCCOCCCN1CCC(OC(=O)c2cc(Cl)c(N)c3c2OCC3)CC1.Cl. The van der Waals surface area contributed by atoms with Gasteiger partial charge in [0.1, 0.15) is 17.4 Å². The van der Waals surface area contributed by atoms with Gasteiger partial charge in [-0.1, -0.05) is 18.5 Å². The number of halogens is 2. The summed E-state index contributed by atoms with van der Waals surface area (Å²) in [5.41, 5.74) is 7.69. The summed E-state index contributed by atoms with van der Waals surface area (Å²) >= 11 is 6.18. The van der Waals surface area contributed by atoms with E-state index in [0.29, 0.717) is 35.1 Å². The van der Waals surface area contributed by atoms with Crippen molar-refractivity contribution in [2.24, 2.45) is 0 Å². The Morgan fingerprint density at radius 2 is 2.11 bits per heavy atom. The van der Waals surface area contributed by atoms with Crippen LogP contribution >= 0.6 is 24.0 Å². The Hall–Kier alpha value is -1.21. The lowest BCUT2D eigenvalue weighted by Gasteiger charge is -2.31. The Morgan fingerprint density at radius 1 is 1.36 bits per heavy atom. The topological polar surface area (TPSA) is 74.0 Å². The van der Waals surface area contributed by atoms with Crippen LogP contribution in [0, 0.1) is 0 Å². The third-order valence-corrected chi connectivity index (χ3v) is 5.42. The van der Waals surface area contributed by atoms with Crippen molar-refractivity contribution in [3.8, 4) is 5.75 Å². The first-order valence-corrected chi connectivity index (χ1v) is 10.2. The second-order valence-electron chi connectivity index (χ2n) is 7.14. The fourth-order valence-corrected chi connectivity index (χ4v) is 3.84. The number of nitrogens with two attached hydrogens (primary N) is 1. The minimum atomic E-state index is -0.374. The number of carbonyl (C=O) groups is 1. The number of ether oxygens (including phenoxy) is 3. The van der Waals surface area contributed by atoms with Gasteiger partial charge < -0.3 is 24.8 Å². The van der Waals surface area contributed by atoms with E-state index in [1.54, 1.807) is 6.07 Å². The number of benzene rings is 1. The van der Waals surface area contributed by atoms with Crippen molar-refractivity contribution in [1.29, 1.82) is 0 Å². The van der Waals surface area contributed by atoms with Gasteiger partial charge in [-0.2, -0.15) is 0 Å². The van der Waals surface area contributed by atoms with E-state index in [-0.39, 0.29) is 24.5 Å². The van der Waals surface area contributed by atoms with Gasteiger partial charge in [0.2, 0.25) is 0 Å². The lowest BCUT2D eigenvalue weighted by Crippen LogP contribution is -2.38. The molecule has 1 aromatic carbocycles. The zero-order valence-electron chi connectivity index (χ0n) is 16.4. The van der Waals surface area contributed by atoms with Gasteiger partial charge in [0.15, 0.2) is 0 Å². The minimum absolute atomic E-state index is 0. The van der Waals surface area contributed by atoms with Crippen LogP contribution in [0.3, 0.4) is 0 Å². The van der Waals surface area contributed by atoms with E-state index in [1.807, 2.05) is 0 Å². The van der Waals surface area contributed by atoms with Crippen LogP contribution in [0.4, 0.5) is 5.69 Å². The molecule has 1 aromatic rings. The molecule has 2 aliphatic rings. The average molecular weight is 433 g/mol. The van der Waals surface area contributed by atoms with Crippen molar-refractivity contribution in [2.45, 2.75) is 45.1 Å². The molecule has 0 aromatic heterocycles. The number of nitrogen functional groups attached to an aromatic ring is 1. The number of hydrogen-bond donors (Lipinski definition) is 1. The number of piperidine rings is 1. The highest BCUT2D eigenvalue weighted by Crippen LogP contribution is 2.39. The highest BCUT2D eigenvalue weighted by Gasteiger charge is 2.29. The highest BCUT2D eigenvalue weighted by molar-refractivity contribution is 6.33. The summed E-state index contributed by atoms with van der Waals surface area (Å²) in [6, 6.07) is 1.56. The maximum Gasteiger partial charge on any atom is 0.342 e. The fourth-order valence-electron chi connectivity index (χ4n) is 3.62. The molecule has 0 atom stereocenters. The van der Waals surface area contributed by atoms with Crippen LogP contribution in [0.25, 0.3) is 0 Å². The van der Waals surface area contributed by atoms with Gasteiger partial charge in [-0.15, -0.1) is 12.4 Å². The first-order chi connectivity index (χ1) is 13.1. The van der Waals surface area contributed by atoms with E-state index in [2.05, 4.69) is 11.8 Å². The summed E-state index contributed by atoms with van der Waals surface area (Å²) in [6.07, 6.45) is 4.38. The molecule has 2 aliphatic heterocycles. The number of hydrogen-bond acceptors (Lipinski definition) is 6. The molecule has 8 heteroatoms. The normalized spacial score (nSPS) is 16.9. The van der Waals surface area contributed by atoms with Gasteiger partial charge in [0, 0.05) is 44.8 Å². The number of anilines is 1. The molecule has 0 bridgehead atoms. The van der Waals surface area contributed by atoms with E-state index >= 15 is 0 Å². The van der Waals surface area contributed by atoms with Crippen LogP contribution in [0.1, 0.15) is 48.5 Å². The van der Waals surface area contributed by atoms with Gasteiger partial charge in [-0.3, -0.25) is 0 Å². The third kappa shape index (κ3) is 5.66. The quantitative estimate of drug-likeness (QED) is 0.383. The Balaban J connectivity index is 0.00000280. The van der Waals surface area contributed by atoms with Gasteiger partial charge in [-0.05, 0) is 31.7 Å². The Bertz CT molecular complexity index is 664. The fraction of sp³-hybridized carbons (Fsp3) is 0.650. The summed E-state index contributed by atoms with van der Waals surface area (Å²) in [6.45, 7) is 7.17. The molecule has 0 aliphatic carbocycles. The lowest BCUT2D eigenvalue weighted by molar-refractivity contribution is 0.0100. The van der Waals surface area contributed by atoms with Crippen molar-refractivity contribution in [3.63, 3.8) is 0 Å². The average Bonchev–Trinajstić information content (AvgIpc) is 3.16. The molecule has 0 spiro atoms. The summed E-state index contributed by atoms with van der Waals surface area (Å²) in [5, 5.41) is 0.381. The molecule has 2 N–H and O–H groups in total. The predicted octanol–water partition coefficient (Wildman–Crippen LogP) is 3.72. The Labute approximate surface area is 178 Å². The molecule has 0 radical (unpaired) electrons. The first kappa shape index (κ1) is 23.1. The largest absolute Gasteiger partial charge is 0.492 e. The molecule has 1 saturated heterocycles. The molecule has 0 amide bonds. The zero-order chi connectivity index (χ0) is 19.2. The monoisotopic (exact) mass is 432 g/mol. The van der Waals surface area contributed by atoms with Crippen molar-refractivity contribution in [3.05, 3.63) is 22.2 Å². The molecule has 0 saturated carbocycles. The number of likely N-dealkylation sites (tertiary alicyclic amines) is 1. The summed E-state index contributed by atoms with van der Waals surface area (Å²) in [7, 11) is 0. The highest BCUT2D eigenvalue weighted by atomic mass is 35.5. The smallest absolute Gasteiger partial charge is 0.342 e. The molecule has 2 heterocycles. The number of rotatable bonds is 8. The molecule has 158 valence electrons. The zero-order valence-corrected chi connectivity index (χ0v) is 17.9. The van der Waals surface area contributed by atoms with Crippen molar-refractivity contribution >= 4 is 35.7 Å². The van der Waals surface area contributed by atoms with Crippen LogP contribution in [-0.4, -0.2) is 56.4 Å². The molecule has 28 heavy (non-hydrogen) atoms. The summed E-state index contributed by atoms with van der Waals surface area (Å²) in [5.74, 6) is 0.160. The maximum atomic E-state index is 12.7. The molecule has 6 nitrogen and oxygen atoms in total. The summed E-state index contributed by atoms with van der Waals surface area (Å²) < 4.78 is 16.9. The predicted molar refractivity (Wildman–Crippen MR) is 113 cm³/mol. The first-order valence-electron chi connectivity index (χ1n) is 9.84. The molecule has 3 rings (SSSR count). The standard InChI is InChI=1S/C20H29ClN2O4.ClH/c1-2-10-25-11-3-7-23-8-4-14(5-9-23)27-20(24)16-13-17(21)18(22)15-6-12-26-19(15)16;/h13-14H,2-12,22H2,1H3;1H. The lowest BCUT2D eigenvalue weighted by atomic mass is 10.0. The van der Waals surface area contributed by atoms with Crippen LogP contribution in [-0.2, 0) is 15.9 Å². The molecule has 0 unspecified atom stereocenters. The Morgan fingerprint density at radius 3 is 2.82 bits per heavy atom. The number of carbonyl (C=O) groups excluding carboxylic acids is 1. The third-order valence-electron chi connectivity index (χ3n) is 5.11.